The van der Waals surface area contributed by atoms with Gasteiger partial charge in [0.2, 0.25) is 11.8 Å². The standard InChI is InChI=1S/C26H23FN2O5/c1-3-33-24(31)22-23(28)34-20-13-15(14-8-10-16(27)11-9-14)12-19(30)21(20)26(22)17-6-4-5-7-18(17)29(2)25(26)32/h4-11,15H,3,12-13,28H2,1-2H3/t15-,26-/m1/s1. The summed E-state index contributed by atoms with van der Waals surface area (Å²) >= 11 is 0. The number of rotatable bonds is 3. The first-order chi connectivity index (χ1) is 16.3. The SMILES string of the molecule is CCOC(=O)C1=C(N)OC2=C(C(=O)C[C@@H](c3ccc(F)cc3)C2)[C@@]12C(=O)N(C)c1ccccc12. The van der Waals surface area contributed by atoms with E-state index in [0.717, 1.165) is 5.56 Å². The molecule has 174 valence electrons. The van der Waals surface area contributed by atoms with Crippen LogP contribution in [0.3, 0.4) is 0 Å². The highest BCUT2D eigenvalue weighted by molar-refractivity contribution is 6.23. The Morgan fingerprint density at radius 3 is 2.59 bits per heavy atom. The normalized spacial score (nSPS) is 23.7. The summed E-state index contributed by atoms with van der Waals surface area (Å²) in [6.07, 6.45) is 0.342. The molecule has 5 rings (SSSR count). The van der Waals surface area contributed by atoms with Crippen LogP contribution in [0.1, 0.15) is 36.8 Å². The smallest absolute Gasteiger partial charge is 0.341 e. The van der Waals surface area contributed by atoms with E-state index in [1.807, 2.05) is 0 Å². The summed E-state index contributed by atoms with van der Waals surface area (Å²) in [5.41, 5.74) is 6.29. The summed E-state index contributed by atoms with van der Waals surface area (Å²) in [6.45, 7) is 1.70. The quantitative estimate of drug-likeness (QED) is 0.704. The zero-order valence-corrected chi connectivity index (χ0v) is 18.8. The Bertz CT molecular complexity index is 1300. The molecule has 0 saturated carbocycles. The molecule has 34 heavy (non-hydrogen) atoms. The van der Waals surface area contributed by atoms with Crippen LogP contribution >= 0.6 is 0 Å². The minimum Gasteiger partial charge on any atom is -0.462 e. The van der Waals surface area contributed by atoms with Crippen LogP contribution in [0.25, 0.3) is 0 Å². The van der Waals surface area contributed by atoms with Gasteiger partial charge in [-0.25, -0.2) is 9.18 Å². The average molecular weight is 462 g/mol. The van der Waals surface area contributed by atoms with Crippen molar-refractivity contribution in [1.29, 1.82) is 0 Å². The van der Waals surface area contributed by atoms with Crippen molar-refractivity contribution >= 4 is 23.3 Å². The maximum absolute atomic E-state index is 13.9. The van der Waals surface area contributed by atoms with Gasteiger partial charge < -0.3 is 20.1 Å². The molecule has 2 aromatic carbocycles. The molecule has 2 atom stereocenters. The van der Waals surface area contributed by atoms with Gasteiger partial charge in [-0.2, -0.15) is 0 Å². The van der Waals surface area contributed by atoms with E-state index in [4.69, 9.17) is 15.2 Å². The number of hydrogen-bond acceptors (Lipinski definition) is 6. The molecule has 1 aliphatic carbocycles. The topological polar surface area (TPSA) is 98.9 Å². The van der Waals surface area contributed by atoms with Gasteiger partial charge in [-0.15, -0.1) is 0 Å². The number of anilines is 1. The molecule has 2 aromatic rings. The molecular formula is C26H23FN2O5. The molecule has 0 unspecified atom stereocenters. The van der Waals surface area contributed by atoms with E-state index in [-0.39, 0.29) is 59.8 Å². The zero-order chi connectivity index (χ0) is 24.2. The molecule has 0 radical (unpaired) electrons. The van der Waals surface area contributed by atoms with E-state index in [2.05, 4.69) is 0 Å². The number of para-hydroxylation sites is 1. The number of likely N-dealkylation sites (N-methyl/N-ethyl adjacent to an activating group) is 1. The summed E-state index contributed by atoms with van der Waals surface area (Å²) < 4.78 is 24.6. The second-order valence-corrected chi connectivity index (χ2v) is 8.57. The Morgan fingerprint density at radius 1 is 1.18 bits per heavy atom. The molecule has 0 bridgehead atoms. The number of carbonyl (C=O) groups excluding carboxylic acids is 3. The molecular weight excluding hydrogens is 439 g/mol. The van der Waals surface area contributed by atoms with Gasteiger partial charge in [-0.1, -0.05) is 30.3 Å². The Balaban J connectivity index is 1.74. The lowest BCUT2D eigenvalue weighted by Gasteiger charge is -2.40. The van der Waals surface area contributed by atoms with Crippen LogP contribution < -0.4 is 10.6 Å². The van der Waals surface area contributed by atoms with Crippen molar-refractivity contribution in [3.05, 3.63) is 88.3 Å². The summed E-state index contributed by atoms with van der Waals surface area (Å²) in [7, 11) is 1.60. The van der Waals surface area contributed by atoms with E-state index in [1.54, 1.807) is 50.4 Å². The van der Waals surface area contributed by atoms with Crippen molar-refractivity contribution in [3.63, 3.8) is 0 Å². The van der Waals surface area contributed by atoms with E-state index in [0.29, 0.717) is 11.3 Å². The number of amides is 1. The van der Waals surface area contributed by atoms with Crippen molar-refractivity contribution in [2.75, 3.05) is 18.6 Å². The van der Waals surface area contributed by atoms with Gasteiger partial charge in [0.15, 0.2) is 5.78 Å². The fraction of sp³-hybridized carbons (Fsp3) is 0.269. The highest BCUT2D eigenvalue weighted by Crippen LogP contribution is 2.56. The lowest BCUT2D eigenvalue weighted by atomic mass is 9.63. The second kappa shape index (κ2) is 7.83. The molecule has 2 N–H and O–H groups in total. The van der Waals surface area contributed by atoms with Crippen LogP contribution in [0, 0.1) is 5.82 Å². The van der Waals surface area contributed by atoms with Crippen LogP contribution in [0.4, 0.5) is 10.1 Å². The monoisotopic (exact) mass is 462 g/mol. The first-order valence-electron chi connectivity index (χ1n) is 11.1. The van der Waals surface area contributed by atoms with E-state index in [9.17, 15) is 18.8 Å². The van der Waals surface area contributed by atoms with Crippen LogP contribution in [0.15, 0.2) is 71.3 Å². The van der Waals surface area contributed by atoms with Crippen molar-refractivity contribution < 1.29 is 28.2 Å². The molecule has 8 heteroatoms. The summed E-state index contributed by atoms with van der Waals surface area (Å²) in [5, 5.41) is 0. The highest BCUT2D eigenvalue weighted by atomic mass is 19.1. The molecule has 2 heterocycles. The number of benzene rings is 2. The summed E-state index contributed by atoms with van der Waals surface area (Å²) in [4.78, 5) is 42.3. The Hall–Kier alpha value is -3.94. The lowest BCUT2D eigenvalue weighted by molar-refractivity contribution is -0.141. The third kappa shape index (κ3) is 2.91. The van der Waals surface area contributed by atoms with Crippen LogP contribution in [0.2, 0.25) is 0 Å². The van der Waals surface area contributed by atoms with E-state index >= 15 is 0 Å². The Labute approximate surface area is 195 Å². The van der Waals surface area contributed by atoms with Gasteiger partial charge in [-0.3, -0.25) is 9.59 Å². The largest absolute Gasteiger partial charge is 0.462 e. The number of esters is 1. The average Bonchev–Trinajstić information content (AvgIpc) is 3.02. The number of Topliss-reactive ketones (excluding diaryl/α,β-unsaturated/α-hetero) is 1. The van der Waals surface area contributed by atoms with Gasteiger partial charge >= 0.3 is 5.97 Å². The third-order valence-corrected chi connectivity index (χ3v) is 6.77. The predicted octanol–water partition coefficient (Wildman–Crippen LogP) is 3.20. The highest BCUT2D eigenvalue weighted by Gasteiger charge is 2.63. The number of ketones is 1. The fourth-order valence-corrected chi connectivity index (χ4v) is 5.35. The molecule has 0 fully saturated rings. The maximum Gasteiger partial charge on any atom is 0.341 e. The van der Waals surface area contributed by atoms with Gasteiger partial charge in [0.1, 0.15) is 22.6 Å². The number of carbonyl (C=O) groups is 3. The summed E-state index contributed by atoms with van der Waals surface area (Å²) in [5.74, 6) is -2.28. The van der Waals surface area contributed by atoms with Crippen molar-refractivity contribution in [2.24, 2.45) is 5.73 Å². The first-order valence-corrected chi connectivity index (χ1v) is 11.1. The van der Waals surface area contributed by atoms with Crippen molar-refractivity contribution in [1.82, 2.24) is 0 Å². The fourth-order valence-electron chi connectivity index (χ4n) is 5.35. The van der Waals surface area contributed by atoms with Crippen molar-refractivity contribution in [3.8, 4) is 0 Å². The number of halogens is 1. The number of hydrogen-bond donors (Lipinski definition) is 1. The number of ether oxygens (including phenoxy) is 2. The summed E-state index contributed by atoms with van der Waals surface area (Å²) in [6, 6.07) is 12.9. The van der Waals surface area contributed by atoms with E-state index < -0.39 is 17.3 Å². The molecule has 0 saturated heterocycles. The van der Waals surface area contributed by atoms with Gasteiger partial charge in [0, 0.05) is 31.1 Å². The molecule has 7 nitrogen and oxygen atoms in total. The molecule has 3 aliphatic rings. The van der Waals surface area contributed by atoms with Gasteiger partial charge in [0.05, 0.1) is 12.2 Å². The van der Waals surface area contributed by atoms with Crippen LogP contribution in [-0.4, -0.2) is 31.3 Å². The molecule has 2 aliphatic heterocycles. The third-order valence-electron chi connectivity index (χ3n) is 6.77. The molecule has 0 aromatic heterocycles. The first kappa shape index (κ1) is 21.9. The number of allylic oxidation sites excluding steroid dienone is 1. The van der Waals surface area contributed by atoms with Crippen LogP contribution in [-0.2, 0) is 29.3 Å². The number of nitrogens with two attached hydrogens (primary N) is 1. The second-order valence-electron chi connectivity index (χ2n) is 8.57. The van der Waals surface area contributed by atoms with Gasteiger partial charge in [0.25, 0.3) is 0 Å². The predicted molar refractivity (Wildman–Crippen MR) is 121 cm³/mol. The molecule has 1 spiro atoms. The van der Waals surface area contributed by atoms with Crippen molar-refractivity contribution in [2.45, 2.75) is 31.1 Å². The zero-order valence-electron chi connectivity index (χ0n) is 18.8. The van der Waals surface area contributed by atoms with Crippen LogP contribution in [0.5, 0.6) is 0 Å². The lowest BCUT2D eigenvalue weighted by Crippen LogP contribution is -2.51. The number of fused-ring (bicyclic) bond motifs is 3. The van der Waals surface area contributed by atoms with Gasteiger partial charge in [-0.05, 0) is 36.6 Å². The minimum atomic E-state index is -1.75. The maximum atomic E-state index is 13.9. The number of nitrogens with zero attached hydrogens (tertiary/aromatic N) is 1. The Morgan fingerprint density at radius 2 is 1.88 bits per heavy atom. The minimum absolute atomic E-state index is 0.0594. The molecule has 1 amide bonds. The van der Waals surface area contributed by atoms with E-state index in [1.165, 1.54) is 17.0 Å². The Kier molecular flexibility index (Phi) is 5.04.